The first kappa shape index (κ1) is 15.0. The molecule has 0 aliphatic carbocycles. The third-order valence-corrected chi connectivity index (χ3v) is 4.16. The summed E-state index contributed by atoms with van der Waals surface area (Å²) in [5.74, 6) is 0.273. The van der Waals surface area contributed by atoms with E-state index < -0.39 is 0 Å². The van der Waals surface area contributed by atoms with Crippen molar-refractivity contribution < 1.29 is 4.79 Å². The molecule has 1 fully saturated rings. The smallest absolute Gasteiger partial charge is 0.241 e. The summed E-state index contributed by atoms with van der Waals surface area (Å²) in [7, 11) is 0. The molecule has 3 unspecified atom stereocenters. The summed E-state index contributed by atoms with van der Waals surface area (Å²) in [5.41, 5.74) is 1.30. The molecule has 3 nitrogen and oxygen atoms in total. The molecule has 0 aromatic heterocycles. The van der Waals surface area contributed by atoms with Gasteiger partial charge in [0.15, 0.2) is 0 Å². The molecule has 1 aliphatic heterocycles. The van der Waals surface area contributed by atoms with E-state index in [2.05, 4.69) is 50.4 Å². The quantitative estimate of drug-likeness (QED) is 0.865. The van der Waals surface area contributed by atoms with Crippen LogP contribution in [0.15, 0.2) is 30.3 Å². The van der Waals surface area contributed by atoms with Gasteiger partial charge in [-0.15, -0.1) is 0 Å². The molecule has 1 N–H and O–H groups in total. The number of amides is 1. The van der Waals surface area contributed by atoms with E-state index in [9.17, 15) is 4.79 Å². The standard InChI is InChI=1S/C17H26N2O/c1-4-8-13(2)19-14(3)18-16(17(19)20)12-11-15-9-6-5-7-10-15/h5-7,9-10,13-14,16,18H,4,8,11-12H2,1-3H3. The molecular formula is C17H26N2O. The lowest BCUT2D eigenvalue weighted by atomic mass is 10.0. The van der Waals surface area contributed by atoms with Crippen LogP contribution in [0.4, 0.5) is 0 Å². The summed E-state index contributed by atoms with van der Waals surface area (Å²) in [6, 6.07) is 10.7. The molecule has 3 heteroatoms. The highest BCUT2D eigenvalue weighted by molar-refractivity contribution is 5.84. The highest BCUT2D eigenvalue weighted by atomic mass is 16.2. The van der Waals surface area contributed by atoms with E-state index in [-0.39, 0.29) is 18.1 Å². The Labute approximate surface area is 122 Å². The minimum Gasteiger partial charge on any atom is -0.323 e. The number of nitrogens with zero attached hydrogens (tertiary/aromatic N) is 1. The van der Waals surface area contributed by atoms with E-state index in [0.29, 0.717) is 6.04 Å². The maximum absolute atomic E-state index is 12.5. The first-order chi connectivity index (χ1) is 9.63. The third-order valence-electron chi connectivity index (χ3n) is 4.16. The van der Waals surface area contributed by atoms with Gasteiger partial charge in [0.2, 0.25) is 5.91 Å². The molecule has 1 amide bonds. The average Bonchev–Trinajstić information content (AvgIpc) is 2.72. The SMILES string of the molecule is CCCC(C)N1C(=O)C(CCc2ccccc2)NC1C. The van der Waals surface area contributed by atoms with E-state index >= 15 is 0 Å². The van der Waals surface area contributed by atoms with Crippen LogP contribution in [0.1, 0.15) is 45.6 Å². The number of carbonyl (C=O) groups excluding carboxylic acids is 1. The molecule has 1 aromatic carbocycles. The van der Waals surface area contributed by atoms with Gasteiger partial charge in [-0.1, -0.05) is 43.7 Å². The zero-order chi connectivity index (χ0) is 14.5. The van der Waals surface area contributed by atoms with Crippen LogP contribution in [-0.4, -0.2) is 29.1 Å². The normalized spacial score (nSPS) is 24.1. The first-order valence-electron chi connectivity index (χ1n) is 7.75. The molecule has 1 heterocycles. The summed E-state index contributed by atoms with van der Waals surface area (Å²) in [4.78, 5) is 14.5. The van der Waals surface area contributed by atoms with E-state index in [1.165, 1.54) is 5.56 Å². The molecule has 0 spiro atoms. The molecule has 110 valence electrons. The van der Waals surface area contributed by atoms with Crippen LogP contribution in [0.25, 0.3) is 0 Å². The van der Waals surface area contributed by atoms with Crippen molar-refractivity contribution >= 4 is 5.91 Å². The molecule has 3 atom stereocenters. The zero-order valence-electron chi connectivity index (χ0n) is 12.8. The van der Waals surface area contributed by atoms with Gasteiger partial charge in [0, 0.05) is 6.04 Å². The summed E-state index contributed by atoms with van der Waals surface area (Å²) >= 11 is 0. The minimum absolute atomic E-state index is 0.0236. The summed E-state index contributed by atoms with van der Waals surface area (Å²) in [6.45, 7) is 6.41. The highest BCUT2D eigenvalue weighted by Gasteiger charge is 2.38. The Bertz CT molecular complexity index is 432. The summed E-state index contributed by atoms with van der Waals surface area (Å²) in [6.07, 6.45) is 4.18. The van der Waals surface area contributed by atoms with Gasteiger partial charge < -0.3 is 4.90 Å². The van der Waals surface area contributed by atoms with E-state index in [0.717, 1.165) is 25.7 Å². The number of nitrogens with one attached hydrogen (secondary N) is 1. The predicted octanol–water partition coefficient (Wildman–Crippen LogP) is 2.95. The van der Waals surface area contributed by atoms with Gasteiger partial charge in [-0.2, -0.15) is 0 Å². The first-order valence-corrected chi connectivity index (χ1v) is 7.75. The number of aryl methyl sites for hydroxylation is 1. The van der Waals surface area contributed by atoms with Gasteiger partial charge in [-0.3, -0.25) is 10.1 Å². The molecule has 0 radical (unpaired) electrons. The van der Waals surface area contributed by atoms with Gasteiger partial charge in [0.05, 0.1) is 12.2 Å². The second-order valence-corrected chi connectivity index (χ2v) is 5.80. The largest absolute Gasteiger partial charge is 0.323 e. The second-order valence-electron chi connectivity index (χ2n) is 5.80. The molecule has 0 bridgehead atoms. The number of hydrogen-bond donors (Lipinski definition) is 1. The van der Waals surface area contributed by atoms with Crippen LogP contribution in [-0.2, 0) is 11.2 Å². The van der Waals surface area contributed by atoms with E-state index in [4.69, 9.17) is 0 Å². The number of rotatable bonds is 6. The van der Waals surface area contributed by atoms with Crippen LogP contribution in [0.2, 0.25) is 0 Å². The van der Waals surface area contributed by atoms with Crippen molar-refractivity contribution in [2.24, 2.45) is 0 Å². The molecule has 0 saturated carbocycles. The monoisotopic (exact) mass is 274 g/mol. The lowest BCUT2D eigenvalue weighted by molar-refractivity contribution is -0.131. The zero-order valence-corrected chi connectivity index (χ0v) is 12.8. The number of benzene rings is 1. The molecule has 1 saturated heterocycles. The van der Waals surface area contributed by atoms with Crippen molar-refractivity contribution in [3.05, 3.63) is 35.9 Å². The maximum atomic E-state index is 12.5. The fourth-order valence-electron chi connectivity index (χ4n) is 3.13. The Morgan fingerprint density at radius 1 is 1.30 bits per heavy atom. The summed E-state index contributed by atoms with van der Waals surface area (Å²) < 4.78 is 0. The van der Waals surface area contributed by atoms with Crippen LogP contribution in [0.5, 0.6) is 0 Å². The van der Waals surface area contributed by atoms with Crippen molar-refractivity contribution in [2.45, 2.75) is 64.7 Å². The van der Waals surface area contributed by atoms with Crippen molar-refractivity contribution in [1.29, 1.82) is 0 Å². The Morgan fingerprint density at radius 3 is 2.65 bits per heavy atom. The van der Waals surface area contributed by atoms with Gasteiger partial charge in [-0.25, -0.2) is 0 Å². The molecular weight excluding hydrogens is 248 g/mol. The average molecular weight is 274 g/mol. The topological polar surface area (TPSA) is 32.3 Å². The Balaban J connectivity index is 1.92. The Kier molecular flexibility index (Phi) is 5.18. The van der Waals surface area contributed by atoms with Crippen molar-refractivity contribution in [3.8, 4) is 0 Å². The lowest BCUT2D eigenvalue weighted by Crippen LogP contribution is -2.41. The highest BCUT2D eigenvalue weighted by Crippen LogP contribution is 2.20. The molecule has 1 aliphatic rings. The van der Waals surface area contributed by atoms with E-state index in [1.54, 1.807) is 0 Å². The summed E-state index contributed by atoms with van der Waals surface area (Å²) in [5, 5.41) is 3.44. The van der Waals surface area contributed by atoms with Gasteiger partial charge in [0.1, 0.15) is 0 Å². The minimum atomic E-state index is -0.0236. The number of hydrogen-bond acceptors (Lipinski definition) is 2. The van der Waals surface area contributed by atoms with Gasteiger partial charge >= 0.3 is 0 Å². The molecule has 2 rings (SSSR count). The third kappa shape index (κ3) is 3.40. The van der Waals surface area contributed by atoms with Crippen LogP contribution >= 0.6 is 0 Å². The predicted molar refractivity (Wildman–Crippen MR) is 82.4 cm³/mol. The fraction of sp³-hybridized carbons (Fsp3) is 0.588. The van der Waals surface area contributed by atoms with Crippen LogP contribution in [0, 0.1) is 0 Å². The Morgan fingerprint density at radius 2 is 2.00 bits per heavy atom. The number of carbonyl (C=O) groups is 1. The fourth-order valence-corrected chi connectivity index (χ4v) is 3.13. The van der Waals surface area contributed by atoms with Gasteiger partial charge in [-0.05, 0) is 38.7 Å². The van der Waals surface area contributed by atoms with Crippen LogP contribution < -0.4 is 5.32 Å². The van der Waals surface area contributed by atoms with Crippen LogP contribution in [0.3, 0.4) is 0 Å². The van der Waals surface area contributed by atoms with E-state index in [1.807, 2.05) is 11.0 Å². The van der Waals surface area contributed by atoms with Gasteiger partial charge in [0.25, 0.3) is 0 Å². The van der Waals surface area contributed by atoms with Crippen molar-refractivity contribution in [1.82, 2.24) is 10.2 Å². The van der Waals surface area contributed by atoms with Crippen molar-refractivity contribution in [3.63, 3.8) is 0 Å². The van der Waals surface area contributed by atoms with Crippen molar-refractivity contribution in [2.75, 3.05) is 0 Å². The molecule has 1 aromatic rings. The second kappa shape index (κ2) is 6.89. The maximum Gasteiger partial charge on any atom is 0.241 e. The lowest BCUT2D eigenvalue weighted by Gasteiger charge is -2.28. The molecule has 20 heavy (non-hydrogen) atoms. The Hall–Kier alpha value is -1.35.